The molecule has 0 spiro atoms. The van der Waals surface area contributed by atoms with E-state index in [0.29, 0.717) is 72.8 Å². The molecule has 0 radical (unpaired) electrons. The molecular formula is C36H48FN7O8S. The Labute approximate surface area is 308 Å². The summed E-state index contributed by atoms with van der Waals surface area (Å²) >= 11 is 0. The predicted octanol–water partition coefficient (Wildman–Crippen LogP) is 4.02. The Morgan fingerprint density at radius 1 is 0.962 bits per heavy atom. The SMILES string of the molecule is COc1ncc(-c2nc(N3CCOCC3)nc3c(O[C@H]4CC[C@H](N5CCC(C(=O)NOC6CCCCO6)CC5)CC4)cc(F)cc23)cc1NS(C)(=O)=O. The van der Waals surface area contributed by atoms with Gasteiger partial charge in [0.1, 0.15) is 22.8 Å². The fourth-order valence-corrected chi connectivity index (χ4v) is 8.18. The van der Waals surface area contributed by atoms with Crippen LogP contribution in [-0.2, 0) is 29.1 Å². The van der Waals surface area contributed by atoms with Crippen molar-refractivity contribution >= 4 is 38.5 Å². The molecule has 1 amide bonds. The lowest BCUT2D eigenvalue weighted by molar-refractivity contribution is -0.202. The van der Waals surface area contributed by atoms with E-state index in [2.05, 4.69) is 20.1 Å². The number of hydroxylamine groups is 1. The van der Waals surface area contributed by atoms with Crippen LogP contribution in [0.4, 0.5) is 16.0 Å². The van der Waals surface area contributed by atoms with E-state index in [0.717, 1.165) is 77.1 Å². The number of rotatable bonds is 11. The quantitative estimate of drug-likeness (QED) is 0.270. The van der Waals surface area contributed by atoms with Crippen molar-refractivity contribution in [3.63, 3.8) is 0 Å². The van der Waals surface area contributed by atoms with Gasteiger partial charge >= 0.3 is 0 Å². The van der Waals surface area contributed by atoms with Crippen molar-refractivity contribution in [2.24, 2.45) is 5.92 Å². The molecule has 5 heterocycles. The zero-order chi connectivity index (χ0) is 37.0. The molecule has 1 unspecified atom stereocenters. The summed E-state index contributed by atoms with van der Waals surface area (Å²) in [4.78, 5) is 36.9. The van der Waals surface area contributed by atoms with Gasteiger partial charge in [-0.2, -0.15) is 0 Å². The molecule has 0 bridgehead atoms. The van der Waals surface area contributed by atoms with Crippen LogP contribution in [0.1, 0.15) is 57.8 Å². The maximum atomic E-state index is 15.4. The number of nitrogens with one attached hydrogen (secondary N) is 2. The van der Waals surface area contributed by atoms with E-state index in [4.69, 9.17) is 33.8 Å². The Morgan fingerprint density at radius 2 is 1.74 bits per heavy atom. The summed E-state index contributed by atoms with van der Waals surface area (Å²) in [5.74, 6) is 0.171. The number of methoxy groups -OCH3 is 1. The average Bonchev–Trinajstić information content (AvgIpc) is 3.17. The smallest absolute Gasteiger partial charge is 0.246 e. The Hall–Kier alpha value is -3.90. The number of hydrogen-bond donors (Lipinski definition) is 2. The number of benzene rings is 1. The number of nitrogens with zero attached hydrogens (tertiary/aromatic N) is 5. The minimum absolute atomic E-state index is 0.0729. The number of carbonyl (C=O) groups is 1. The molecule has 4 aliphatic rings. The third-order valence-corrected chi connectivity index (χ3v) is 11.0. The zero-order valence-electron chi connectivity index (χ0n) is 30.2. The van der Waals surface area contributed by atoms with Gasteiger partial charge in [0, 0.05) is 61.3 Å². The third-order valence-electron chi connectivity index (χ3n) is 10.4. The van der Waals surface area contributed by atoms with Crippen molar-refractivity contribution in [3.8, 4) is 22.9 Å². The number of piperidine rings is 1. The van der Waals surface area contributed by atoms with Crippen LogP contribution in [0.2, 0.25) is 0 Å². The van der Waals surface area contributed by atoms with E-state index in [1.807, 2.05) is 4.90 Å². The van der Waals surface area contributed by atoms with Crippen LogP contribution in [0, 0.1) is 11.7 Å². The van der Waals surface area contributed by atoms with Crippen molar-refractivity contribution in [1.82, 2.24) is 25.3 Å². The molecule has 53 heavy (non-hydrogen) atoms. The highest BCUT2D eigenvalue weighted by molar-refractivity contribution is 7.92. The van der Waals surface area contributed by atoms with Crippen LogP contribution in [0.5, 0.6) is 11.6 Å². The van der Waals surface area contributed by atoms with Crippen LogP contribution in [0.3, 0.4) is 0 Å². The number of halogens is 1. The van der Waals surface area contributed by atoms with Gasteiger partial charge in [0.05, 0.1) is 38.4 Å². The van der Waals surface area contributed by atoms with Crippen molar-refractivity contribution in [2.75, 3.05) is 69.0 Å². The Balaban J connectivity index is 1.06. The van der Waals surface area contributed by atoms with Gasteiger partial charge in [0.15, 0.2) is 6.29 Å². The number of sulfonamides is 1. The molecule has 15 nitrogen and oxygen atoms in total. The Morgan fingerprint density at radius 3 is 2.43 bits per heavy atom. The Bertz CT molecular complexity index is 1860. The van der Waals surface area contributed by atoms with E-state index in [1.54, 1.807) is 6.07 Å². The first-order chi connectivity index (χ1) is 25.6. The van der Waals surface area contributed by atoms with Gasteiger partial charge < -0.3 is 28.7 Å². The molecule has 1 aliphatic carbocycles. The largest absolute Gasteiger partial charge is 0.488 e. The summed E-state index contributed by atoms with van der Waals surface area (Å²) in [5.41, 5.74) is 4.04. The molecule has 1 atom stereocenters. The first kappa shape index (κ1) is 37.4. The highest BCUT2D eigenvalue weighted by Gasteiger charge is 2.33. The van der Waals surface area contributed by atoms with Gasteiger partial charge in [-0.25, -0.2) is 38.1 Å². The molecule has 2 N–H and O–H groups in total. The number of anilines is 2. The first-order valence-electron chi connectivity index (χ1n) is 18.5. The number of ether oxygens (including phenoxy) is 4. The maximum absolute atomic E-state index is 15.4. The Kier molecular flexibility index (Phi) is 11.7. The molecular weight excluding hydrogens is 710 g/mol. The van der Waals surface area contributed by atoms with Gasteiger partial charge in [-0.15, -0.1) is 0 Å². The minimum Gasteiger partial charge on any atom is -0.488 e. The molecule has 3 aromatic rings. The maximum Gasteiger partial charge on any atom is 0.246 e. The van der Waals surface area contributed by atoms with Crippen molar-refractivity contribution in [3.05, 3.63) is 30.2 Å². The third kappa shape index (κ3) is 9.25. The van der Waals surface area contributed by atoms with E-state index >= 15 is 4.39 Å². The summed E-state index contributed by atoms with van der Waals surface area (Å²) in [6.07, 6.45) is 9.86. The van der Waals surface area contributed by atoms with Crippen molar-refractivity contribution in [2.45, 2.75) is 76.2 Å². The molecule has 17 heteroatoms. The van der Waals surface area contributed by atoms with Crippen LogP contribution in [0.25, 0.3) is 22.2 Å². The number of carbonyl (C=O) groups excluding carboxylic acids is 1. The molecule has 288 valence electrons. The lowest BCUT2D eigenvalue weighted by Gasteiger charge is -2.40. The topological polar surface area (TPSA) is 167 Å². The fraction of sp³-hybridized carbons (Fsp3) is 0.611. The van der Waals surface area contributed by atoms with Crippen LogP contribution in [-0.4, -0.2) is 112 Å². The van der Waals surface area contributed by atoms with Crippen LogP contribution < -0.4 is 24.6 Å². The molecule has 1 saturated carbocycles. The van der Waals surface area contributed by atoms with Gasteiger partial charge in [0.2, 0.25) is 27.8 Å². The highest BCUT2D eigenvalue weighted by Crippen LogP contribution is 2.38. The molecule has 3 aliphatic heterocycles. The predicted molar refractivity (Wildman–Crippen MR) is 195 cm³/mol. The first-order valence-corrected chi connectivity index (χ1v) is 20.4. The number of fused-ring (bicyclic) bond motifs is 1. The number of amides is 1. The minimum atomic E-state index is -3.66. The number of likely N-dealkylation sites (tertiary alicyclic amines) is 1. The van der Waals surface area contributed by atoms with Crippen LogP contribution >= 0.6 is 0 Å². The molecule has 4 fully saturated rings. The summed E-state index contributed by atoms with van der Waals surface area (Å²) in [6.45, 7) is 4.50. The molecule has 7 rings (SSSR count). The van der Waals surface area contributed by atoms with Crippen LogP contribution in [0.15, 0.2) is 24.4 Å². The van der Waals surface area contributed by atoms with E-state index in [1.165, 1.54) is 25.4 Å². The summed E-state index contributed by atoms with van der Waals surface area (Å²) < 4.78 is 65.2. The van der Waals surface area contributed by atoms with E-state index < -0.39 is 15.8 Å². The summed E-state index contributed by atoms with van der Waals surface area (Å²) in [5, 5.41) is 0.409. The number of pyridine rings is 1. The highest BCUT2D eigenvalue weighted by atomic mass is 32.2. The summed E-state index contributed by atoms with van der Waals surface area (Å²) in [6, 6.07) is 4.69. The number of aromatic nitrogens is 3. The average molecular weight is 758 g/mol. The monoisotopic (exact) mass is 757 g/mol. The second-order valence-electron chi connectivity index (χ2n) is 14.2. The fourth-order valence-electron chi connectivity index (χ4n) is 7.63. The molecule has 3 saturated heterocycles. The number of morpholine rings is 1. The van der Waals surface area contributed by atoms with Gasteiger partial charge in [-0.3, -0.25) is 9.52 Å². The lowest BCUT2D eigenvalue weighted by atomic mass is 9.88. The zero-order valence-corrected chi connectivity index (χ0v) is 31.0. The van der Waals surface area contributed by atoms with Gasteiger partial charge in [0.25, 0.3) is 0 Å². The standard InChI is InChI=1S/C36H48FN7O8S/c1-48-35-29(42-53(2,46)47)19-24(22-38-35)32-28-20-25(37)21-30(33(28)40-36(39-32)44-14-17-49-18-15-44)51-27-8-6-26(7-9-27)43-12-10-23(11-13-43)34(45)41-52-31-5-3-4-16-50-31/h19-23,26-27,31,42H,3-18H2,1-2H3,(H,41,45)/t26-,27-,31?. The van der Waals surface area contributed by atoms with E-state index in [-0.39, 0.29) is 35.8 Å². The van der Waals surface area contributed by atoms with Crippen molar-refractivity contribution in [1.29, 1.82) is 0 Å². The molecule has 1 aromatic carbocycles. The summed E-state index contributed by atoms with van der Waals surface area (Å²) in [7, 11) is -2.27. The second kappa shape index (κ2) is 16.6. The van der Waals surface area contributed by atoms with Gasteiger partial charge in [-0.05, 0) is 76.6 Å². The van der Waals surface area contributed by atoms with Crippen molar-refractivity contribution < 1.29 is 41.4 Å². The molecule has 2 aromatic heterocycles. The second-order valence-corrected chi connectivity index (χ2v) is 15.9. The van der Waals surface area contributed by atoms with E-state index in [9.17, 15) is 13.2 Å². The normalized spacial score (nSPS) is 23.5. The van der Waals surface area contributed by atoms with Gasteiger partial charge in [-0.1, -0.05) is 0 Å². The number of hydrogen-bond acceptors (Lipinski definition) is 13. The lowest BCUT2D eigenvalue weighted by Crippen LogP contribution is -2.47.